The van der Waals surface area contributed by atoms with Gasteiger partial charge in [-0.05, 0) is 121 Å². The van der Waals surface area contributed by atoms with Gasteiger partial charge in [0.15, 0.2) is 11.4 Å². The van der Waals surface area contributed by atoms with Gasteiger partial charge < -0.3 is 25.3 Å². The largest absolute Gasteiger partial charge is 0.444 e. The van der Waals surface area contributed by atoms with Gasteiger partial charge in [-0.1, -0.05) is 0 Å². The second-order valence-electron chi connectivity index (χ2n) is 13.2. The van der Waals surface area contributed by atoms with Crippen LogP contribution in [0.2, 0.25) is 0 Å². The Morgan fingerprint density at radius 1 is 1.11 bits per heavy atom. The van der Waals surface area contributed by atoms with Crippen molar-refractivity contribution in [3.63, 3.8) is 0 Å². The number of nitrogens with one attached hydrogen (secondary N) is 3. The number of nitrogens with zero attached hydrogens (tertiary/aromatic N) is 5. The fraction of sp³-hybridized carbons (Fsp3) is 0.636. The highest BCUT2D eigenvalue weighted by Crippen LogP contribution is 2.35. The van der Waals surface area contributed by atoms with E-state index in [1.54, 1.807) is 23.1 Å². The molecule has 1 saturated heterocycles. The van der Waals surface area contributed by atoms with Crippen LogP contribution < -0.4 is 16.0 Å². The molecule has 0 bridgehead atoms. The number of halogens is 2. The van der Waals surface area contributed by atoms with E-state index in [-0.39, 0.29) is 23.3 Å². The van der Waals surface area contributed by atoms with E-state index in [2.05, 4.69) is 43.0 Å². The Hall–Kier alpha value is -3.38. The first-order chi connectivity index (χ1) is 21.9. The molecule has 10 nitrogen and oxygen atoms in total. The fourth-order valence-corrected chi connectivity index (χ4v) is 6.72. The fourth-order valence-electron chi connectivity index (χ4n) is 6.72. The van der Waals surface area contributed by atoms with Crippen molar-refractivity contribution in [2.45, 2.75) is 76.7 Å². The minimum Gasteiger partial charge on any atom is -0.444 e. The quantitative estimate of drug-likeness (QED) is 0.189. The molecule has 12 heteroatoms. The maximum Gasteiger partial charge on any atom is 0.284 e. The maximum absolute atomic E-state index is 14.0. The van der Waals surface area contributed by atoms with Gasteiger partial charge in [0.2, 0.25) is 5.89 Å². The van der Waals surface area contributed by atoms with Crippen LogP contribution in [-0.2, 0) is 0 Å². The molecule has 3 aliphatic rings. The Morgan fingerprint density at radius 2 is 1.89 bits per heavy atom. The van der Waals surface area contributed by atoms with Crippen molar-refractivity contribution in [1.29, 1.82) is 0 Å². The number of pyridine rings is 1. The summed E-state index contributed by atoms with van der Waals surface area (Å²) in [6.07, 6.45) is 13.0. The molecule has 0 spiro atoms. The zero-order valence-electron chi connectivity index (χ0n) is 26.2. The van der Waals surface area contributed by atoms with Gasteiger partial charge in [0.25, 0.3) is 12.3 Å². The van der Waals surface area contributed by atoms with Gasteiger partial charge in [-0.25, -0.2) is 18.7 Å². The van der Waals surface area contributed by atoms with Crippen molar-refractivity contribution >= 4 is 17.4 Å². The minimum absolute atomic E-state index is 0.00245. The number of alkyl halides is 2. The summed E-state index contributed by atoms with van der Waals surface area (Å²) in [4.78, 5) is 24.1. The first-order valence-corrected chi connectivity index (χ1v) is 16.6. The lowest BCUT2D eigenvalue weighted by atomic mass is 9.85. The van der Waals surface area contributed by atoms with Crippen molar-refractivity contribution < 1.29 is 18.0 Å². The monoisotopic (exact) mass is 624 g/mol. The molecule has 3 aromatic heterocycles. The molecule has 0 aromatic carbocycles. The number of carbonyl (C=O) groups is 1. The molecule has 0 unspecified atom stereocenters. The number of aromatic nitrogens is 4. The lowest BCUT2D eigenvalue weighted by molar-refractivity contribution is 0.102. The van der Waals surface area contributed by atoms with E-state index in [0.29, 0.717) is 23.2 Å². The third-order valence-corrected chi connectivity index (χ3v) is 9.60. The zero-order chi connectivity index (χ0) is 31.2. The number of hydrogen-bond donors (Lipinski definition) is 3. The second kappa shape index (κ2) is 14.8. The van der Waals surface area contributed by atoms with Gasteiger partial charge in [0.05, 0.1) is 11.7 Å². The van der Waals surface area contributed by atoms with Crippen LogP contribution in [-0.4, -0.2) is 70.3 Å². The van der Waals surface area contributed by atoms with Gasteiger partial charge in [-0.2, -0.15) is 5.10 Å². The number of anilines is 2. The van der Waals surface area contributed by atoms with E-state index >= 15 is 0 Å². The zero-order valence-corrected chi connectivity index (χ0v) is 26.2. The van der Waals surface area contributed by atoms with E-state index in [1.165, 1.54) is 44.8 Å². The Kier molecular flexibility index (Phi) is 10.4. The van der Waals surface area contributed by atoms with Crippen molar-refractivity contribution in [2.75, 3.05) is 50.4 Å². The van der Waals surface area contributed by atoms with Crippen LogP contribution in [0.3, 0.4) is 0 Å². The molecular weight excluding hydrogens is 578 g/mol. The SMILES string of the molecule is CN(CCCC1CCNCC1)C[C@H]1CC[C@H](n2cc(NC(=O)c3coc(-c4ccnc(NCC5CC5)c4)n3)c(C(F)F)n2)CC1. The summed E-state index contributed by atoms with van der Waals surface area (Å²) in [5, 5.41) is 13.6. The third kappa shape index (κ3) is 8.66. The summed E-state index contributed by atoms with van der Waals surface area (Å²) in [6.45, 7) is 5.37. The van der Waals surface area contributed by atoms with E-state index in [1.807, 2.05) is 6.07 Å². The van der Waals surface area contributed by atoms with E-state index in [9.17, 15) is 13.6 Å². The highest BCUT2D eigenvalue weighted by Gasteiger charge is 2.28. The summed E-state index contributed by atoms with van der Waals surface area (Å²) >= 11 is 0. The summed E-state index contributed by atoms with van der Waals surface area (Å²) in [6, 6.07) is 3.60. The first kappa shape index (κ1) is 31.6. The van der Waals surface area contributed by atoms with E-state index in [4.69, 9.17) is 4.42 Å². The van der Waals surface area contributed by atoms with E-state index < -0.39 is 18.0 Å². The van der Waals surface area contributed by atoms with Crippen LogP contribution in [0.4, 0.5) is 20.3 Å². The molecule has 45 heavy (non-hydrogen) atoms. The molecule has 3 aromatic rings. The number of piperidine rings is 1. The minimum atomic E-state index is -2.82. The topological polar surface area (TPSA) is 113 Å². The van der Waals surface area contributed by atoms with Gasteiger partial charge in [-0.3, -0.25) is 9.48 Å². The molecule has 2 saturated carbocycles. The van der Waals surface area contributed by atoms with Crippen LogP contribution in [0.25, 0.3) is 11.5 Å². The standard InChI is InChI=1S/C33H46F2N8O2/c1-42(16-2-3-22-10-13-36-14-11-22)19-24-6-8-26(9-7-24)43-20-27(30(41-43)31(34)35)39-32(44)28-21-45-33(40-28)25-12-15-37-29(17-25)38-18-23-4-5-23/h12,15,17,20-24,26,31,36H,2-11,13-14,16,18-19H2,1H3,(H,37,38)(H,39,44)/t24-,26-. The highest BCUT2D eigenvalue weighted by atomic mass is 19.3. The molecule has 6 rings (SSSR count). The summed E-state index contributed by atoms with van der Waals surface area (Å²) in [7, 11) is 2.21. The number of amides is 1. The average molecular weight is 625 g/mol. The molecule has 244 valence electrons. The van der Waals surface area contributed by atoms with Crippen LogP contribution in [0.5, 0.6) is 0 Å². The van der Waals surface area contributed by atoms with E-state index in [0.717, 1.165) is 64.3 Å². The Balaban J connectivity index is 1.00. The van der Waals surface area contributed by atoms with Crippen molar-refractivity contribution in [3.8, 4) is 11.5 Å². The van der Waals surface area contributed by atoms with Crippen molar-refractivity contribution in [3.05, 3.63) is 42.2 Å². The van der Waals surface area contributed by atoms with Crippen molar-refractivity contribution in [1.82, 2.24) is 30.0 Å². The third-order valence-electron chi connectivity index (χ3n) is 9.60. The predicted molar refractivity (Wildman–Crippen MR) is 169 cm³/mol. The number of oxazole rings is 1. The summed E-state index contributed by atoms with van der Waals surface area (Å²) < 4.78 is 35.2. The van der Waals surface area contributed by atoms with Crippen molar-refractivity contribution in [2.24, 2.45) is 17.8 Å². The number of rotatable bonds is 14. The van der Waals surface area contributed by atoms with Gasteiger partial charge >= 0.3 is 0 Å². The average Bonchev–Trinajstić information content (AvgIpc) is 3.56. The lowest BCUT2D eigenvalue weighted by Gasteiger charge is -2.31. The van der Waals surface area contributed by atoms with Crippen LogP contribution in [0, 0.1) is 17.8 Å². The smallest absolute Gasteiger partial charge is 0.284 e. The molecule has 3 fully saturated rings. The molecule has 4 heterocycles. The van der Waals surface area contributed by atoms with Crippen LogP contribution >= 0.6 is 0 Å². The number of hydrogen-bond acceptors (Lipinski definition) is 8. The Morgan fingerprint density at radius 3 is 2.64 bits per heavy atom. The molecule has 2 aliphatic carbocycles. The Labute approximate surface area is 263 Å². The molecule has 0 radical (unpaired) electrons. The molecule has 3 N–H and O–H groups in total. The Bertz CT molecular complexity index is 1390. The van der Waals surface area contributed by atoms with Gasteiger partial charge in [0, 0.05) is 31.0 Å². The van der Waals surface area contributed by atoms with Crippen LogP contribution in [0.15, 0.2) is 35.2 Å². The lowest BCUT2D eigenvalue weighted by Crippen LogP contribution is -2.31. The molecule has 1 amide bonds. The first-order valence-electron chi connectivity index (χ1n) is 16.6. The summed E-state index contributed by atoms with van der Waals surface area (Å²) in [5.41, 5.74) is 0.249. The second-order valence-corrected chi connectivity index (χ2v) is 13.2. The molecule has 1 aliphatic heterocycles. The van der Waals surface area contributed by atoms with Gasteiger partial charge in [0.1, 0.15) is 12.1 Å². The highest BCUT2D eigenvalue weighted by molar-refractivity contribution is 6.03. The maximum atomic E-state index is 14.0. The van der Waals surface area contributed by atoms with Gasteiger partial charge in [-0.15, -0.1) is 0 Å². The molecule has 0 atom stereocenters. The predicted octanol–water partition coefficient (Wildman–Crippen LogP) is 6.39. The van der Waals surface area contributed by atoms with Crippen LogP contribution in [0.1, 0.15) is 92.9 Å². The normalized spacial score (nSPS) is 21.0. The summed E-state index contributed by atoms with van der Waals surface area (Å²) in [5.74, 6) is 2.50. The number of carbonyl (C=O) groups excluding carboxylic acids is 1. The molecular formula is C33H46F2N8O2.